The Kier molecular flexibility index (Phi) is 5.01. The van der Waals surface area contributed by atoms with Gasteiger partial charge in [-0.3, -0.25) is 4.79 Å². The number of fused-ring (bicyclic) bond motifs is 1. The van der Waals surface area contributed by atoms with Gasteiger partial charge in [0.25, 0.3) is 0 Å². The van der Waals surface area contributed by atoms with Crippen LogP contribution in [0.25, 0.3) is 10.9 Å². The molecular weight excluding hydrogens is 350 g/mol. The average molecular weight is 371 g/mol. The van der Waals surface area contributed by atoms with E-state index >= 15 is 0 Å². The summed E-state index contributed by atoms with van der Waals surface area (Å²) in [6, 6.07) is 19.8. The summed E-state index contributed by atoms with van der Waals surface area (Å²) in [6.07, 6.45) is 2.15. The van der Waals surface area contributed by atoms with E-state index < -0.39 is 0 Å². The van der Waals surface area contributed by atoms with Gasteiger partial charge in [0.05, 0.1) is 6.42 Å². The van der Waals surface area contributed by atoms with Crippen LogP contribution in [-0.4, -0.2) is 21.1 Å². The average Bonchev–Trinajstić information content (AvgIpc) is 3.10. The third-order valence-corrected chi connectivity index (χ3v) is 4.51. The number of aromatic nitrogens is 3. The first kappa shape index (κ1) is 17.7. The summed E-state index contributed by atoms with van der Waals surface area (Å²) in [5.41, 5.74) is 4.38. The number of rotatable bonds is 6. The van der Waals surface area contributed by atoms with Crippen molar-refractivity contribution in [3.63, 3.8) is 0 Å². The fourth-order valence-corrected chi connectivity index (χ4v) is 3.15. The maximum Gasteiger partial charge on any atom is 0.230 e. The van der Waals surface area contributed by atoms with Crippen LogP contribution in [0.1, 0.15) is 16.7 Å². The molecule has 0 atom stereocenters. The van der Waals surface area contributed by atoms with Crippen LogP contribution < -0.4 is 10.6 Å². The highest BCUT2D eigenvalue weighted by Crippen LogP contribution is 2.18. The van der Waals surface area contributed by atoms with Gasteiger partial charge in [-0.2, -0.15) is 0 Å². The zero-order valence-corrected chi connectivity index (χ0v) is 15.6. The van der Waals surface area contributed by atoms with E-state index in [-0.39, 0.29) is 12.3 Å². The molecule has 1 amide bonds. The van der Waals surface area contributed by atoms with E-state index in [1.165, 1.54) is 11.1 Å². The summed E-state index contributed by atoms with van der Waals surface area (Å²) >= 11 is 0. The molecule has 140 valence electrons. The van der Waals surface area contributed by atoms with E-state index in [0.717, 1.165) is 16.5 Å². The van der Waals surface area contributed by atoms with Gasteiger partial charge in [-0.15, -0.1) is 10.2 Å². The maximum absolute atomic E-state index is 12.3. The van der Waals surface area contributed by atoms with Crippen LogP contribution in [-0.2, 0) is 17.8 Å². The molecule has 0 radical (unpaired) electrons. The SMILES string of the molecule is Cc1cccc(CNc2ccc(NC(=O)Cc3c[nH]c4ccccc34)nn2)c1. The van der Waals surface area contributed by atoms with E-state index in [2.05, 4.69) is 50.9 Å². The molecular formula is C22H21N5O. The molecule has 0 saturated carbocycles. The van der Waals surface area contributed by atoms with Crippen molar-refractivity contribution in [1.82, 2.24) is 15.2 Å². The van der Waals surface area contributed by atoms with E-state index in [1.54, 1.807) is 6.07 Å². The molecule has 3 N–H and O–H groups in total. The van der Waals surface area contributed by atoms with Gasteiger partial charge in [-0.1, -0.05) is 48.0 Å². The van der Waals surface area contributed by atoms with Crippen LogP contribution in [0.2, 0.25) is 0 Å². The lowest BCUT2D eigenvalue weighted by Crippen LogP contribution is -2.15. The minimum atomic E-state index is -0.125. The Bertz CT molecular complexity index is 1100. The van der Waals surface area contributed by atoms with Crippen LogP contribution >= 0.6 is 0 Å². The monoisotopic (exact) mass is 371 g/mol. The van der Waals surface area contributed by atoms with Gasteiger partial charge in [0.1, 0.15) is 5.82 Å². The van der Waals surface area contributed by atoms with E-state index in [4.69, 9.17) is 0 Å². The van der Waals surface area contributed by atoms with Crippen molar-refractivity contribution in [3.05, 3.63) is 83.6 Å². The number of carbonyl (C=O) groups excluding carboxylic acids is 1. The first-order valence-electron chi connectivity index (χ1n) is 9.15. The molecule has 0 aliphatic heterocycles. The van der Waals surface area contributed by atoms with Crippen LogP contribution in [0.3, 0.4) is 0 Å². The number of aromatic amines is 1. The molecule has 4 aromatic rings. The van der Waals surface area contributed by atoms with Crippen molar-refractivity contribution >= 4 is 28.4 Å². The summed E-state index contributed by atoms with van der Waals surface area (Å²) in [6.45, 7) is 2.74. The second-order valence-corrected chi connectivity index (χ2v) is 6.73. The molecule has 0 fully saturated rings. The van der Waals surface area contributed by atoms with E-state index in [1.807, 2.05) is 42.6 Å². The van der Waals surface area contributed by atoms with Gasteiger partial charge in [0.15, 0.2) is 5.82 Å². The normalized spacial score (nSPS) is 10.8. The van der Waals surface area contributed by atoms with E-state index in [0.29, 0.717) is 18.2 Å². The van der Waals surface area contributed by atoms with Crippen LogP contribution in [0, 0.1) is 6.92 Å². The first-order chi connectivity index (χ1) is 13.7. The molecule has 0 spiro atoms. The molecule has 6 nitrogen and oxygen atoms in total. The zero-order chi connectivity index (χ0) is 19.3. The maximum atomic E-state index is 12.3. The topological polar surface area (TPSA) is 82.7 Å². The number of hydrogen-bond acceptors (Lipinski definition) is 4. The minimum Gasteiger partial charge on any atom is -0.365 e. The van der Waals surface area contributed by atoms with Gasteiger partial charge in [-0.05, 0) is 36.2 Å². The molecule has 6 heteroatoms. The summed E-state index contributed by atoms with van der Waals surface area (Å²) in [5, 5.41) is 15.3. The van der Waals surface area contributed by atoms with Crippen LogP contribution in [0.4, 0.5) is 11.6 Å². The van der Waals surface area contributed by atoms with Crippen LogP contribution in [0.5, 0.6) is 0 Å². The van der Waals surface area contributed by atoms with Crippen molar-refractivity contribution in [2.45, 2.75) is 19.9 Å². The highest BCUT2D eigenvalue weighted by Gasteiger charge is 2.09. The molecule has 0 saturated heterocycles. The standard InChI is InChI=1S/C22H21N5O/c1-15-5-4-6-16(11-15)13-24-20-9-10-21(27-26-20)25-22(28)12-17-14-23-19-8-3-2-7-18(17)19/h2-11,14,23H,12-13H2,1H3,(H,24,26)(H,25,27,28). The second-order valence-electron chi connectivity index (χ2n) is 6.73. The number of carbonyl (C=O) groups is 1. The van der Waals surface area contributed by atoms with Crippen molar-refractivity contribution < 1.29 is 4.79 Å². The highest BCUT2D eigenvalue weighted by atomic mass is 16.1. The zero-order valence-electron chi connectivity index (χ0n) is 15.6. The Balaban J connectivity index is 1.34. The number of amides is 1. The smallest absolute Gasteiger partial charge is 0.230 e. The summed E-state index contributed by atoms with van der Waals surface area (Å²) < 4.78 is 0. The molecule has 28 heavy (non-hydrogen) atoms. The Hall–Kier alpha value is -3.67. The minimum absolute atomic E-state index is 0.125. The van der Waals surface area contributed by atoms with Gasteiger partial charge in [0.2, 0.25) is 5.91 Å². The Morgan fingerprint density at radius 2 is 1.82 bits per heavy atom. The summed E-state index contributed by atoms with van der Waals surface area (Å²) in [4.78, 5) is 15.5. The third-order valence-electron chi connectivity index (χ3n) is 4.51. The lowest BCUT2D eigenvalue weighted by atomic mass is 10.1. The molecule has 0 aliphatic rings. The first-order valence-corrected chi connectivity index (χ1v) is 9.15. The molecule has 2 aromatic carbocycles. The van der Waals surface area contributed by atoms with Gasteiger partial charge < -0.3 is 15.6 Å². The fraction of sp³-hybridized carbons (Fsp3) is 0.136. The number of aryl methyl sites for hydroxylation is 1. The summed E-state index contributed by atoms with van der Waals surface area (Å²) in [5.74, 6) is 0.974. The van der Waals surface area contributed by atoms with Crippen molar-refractivity contribution in [3.8, 4) is 0 Å². The van der Waals surface area contributed by atoms with Crippen molar-refractivity contribution in [2.75, 3.05) is 10.6 Å². The van der Waals surface area contributed by atoms with Crippen LogP contribution in [0.15, 0.2) is 66.9 Å². The molecule has 4 rings (SSSR count). The number of nitrogens with zero attached hydrogens (tertiary/aromatic N) is 2. The van der Waals surface area contributed by atoms with Crippen molar-refractivity contribution in [2.24, 2.45) is 0 Å². The largest absolute Gasteiger partial charge is 0.365 e. The quantitative estimate of drug-likeness (QED) is 0.477. The fourth-order valence-electron chi connectivity index (χ4n) is 3.15. The molecule has 0 unspecified atom stereocenters. The Morgan fingerprint density at radius 1 is 1.00 bits per heavy atom. The molecule has 0 bridgehead atoms. The number of para-hydroxylation sites is 1. The lowest BCUT2D eigenvalue weighted by molar-refractivity contribution is -0.115. The third kappa shape index (κ3) is 4.17. The Labute approximate surface area is 163 Å². The number of H-pyrrole nitrogens is 1. The van der Waals surface area contributed by atoms with Gasteiger partial charge >= 0.3 is 0 Å². The molecule has 0 aliphatic carbocycles. The van der Waals surface area contributed by atoms with Crippen molar-refractivity contribution in [1.29, 1.82) is 0 Å². The number of hydrogen-bond donors (Lipinski definition) is 3. The van der Waals surface area contributed by atoms with E-state index in [9.17, 15) is 4.79 Å². The Morgan fingerprint density at radius 3 is 2.64 bits per heavy atom. The molecule has 2 aromatic heterocycles. The highest BCUT2D eigenvalue weighted by molar-refractivity contribution is 5.95. The molecule has 2 heterocycles. The lowest BCUT2D eigenvalue weighted by Gasteiger charge is -2.07. The number of anilines is 2. The van der Waals surface area contributed by atoms with Gasteiger partial charge in [0, 0.05) is 23.6 Å². The number of nitrogens with one attached hydrogen (secondary N) is 3. The second kappa shape index (κ2) is 7.92. The number of benzene rings is 2. The predicted octanol–water partition coefficient (Wildman–Crippen LogP) is 4.06. The summed E-state index contributed by atoms with van der Waals surface area (Å²) in [7, 11) is 0. The van der Waals surface area contributed by atoms with Gasteiger partial charge in [-0.25, -0.2) is 0 Å². The predicted molar refractivity (Wildman–Crippen MR) is 111 cm³/mol.